The van der Waals surface area contributed by atoms with Crippen LogP contribution in [-0.2, 0) is 13.1 Å². The van der Waals surface area contributed by atoms with E-state index in [1.165, 1.54) is 18.5 Å². The first-order valence-corrected chi connectivity index (χ1v) is 6.12. The fourth-order valence-corrected chi connectivity index (χ4v) is 1.74. The predicted molar refractivity (Wildman–Crippen MR) is 68.5 cm³/mol. The Hall–Kier alpha value is -1.98. The molecular weight excluding hydrogens is 250 g/mol. The van der Waals surface area contributed by atoms with Gasteiger partial charge in [0.25, 0.3) is 0 Å². The highest BCUT2D eigenvalue weighted by molar-refractivity contribution is 5.44. The Morgan fingerprint density at radius 2 is 2.11 bits per heavy atom. The zero-order valence-corrected chi connectivity index (χ0v) is 10.9. The van der Waals surface area contributed by atoms with Crippen LogP contribution in [0.3, 0.4) is 0 Å². The summed E-state index contributed by atoms with van der Waals surface area (Å²) < 4.78 is 28.3. The first-order valence-electron chi connectivity index (χ1n) is 6.12. The third-order valence-electron chi connectivity index (χ3n) is 2.62. The van der Waals surface area contributed by atoms with Crippen molar-refractivity contribution in [3.63, 3.8) is 0 Å². The predicted octanol–water partition coefficient (Wildman–Crippen LogP) is 2.82. The van der Waals surface area contributed by atoms with Crippen molar-refractivity contribution in [1.29, 1.82) is 0 Å². The Labute approximate surface area is 110 Å². The highest BCUT2D eigenvalue weighted by Gasteiger charge is 2.09. The van der Waals surface area contributed by atoms with E-state index in [1.54, 1.807) is 4.68 Å². The topological polar surface area (TPSA) is 42.7 Å². The molecule has 0 spiro atoms. The Balaban J connectivity index is 2.06. The summed E-state index contributed by atoms with van der Waals surface area (Å²) in [5, 5.41) is 6.94. The second-order valence-corrected chi connectivity index (χ2v) is 4.71. The largest absolute Gasteiger partial charge is 0.375 e. The van der Waals surface area contributed by atoms with Crippen molar-refractivity contribution in [3.8, 4) is 0 Å². The minimum Gasteiger partial charge on any atom is -0.375 e. The molecule has 0 saturated heterocycles. The summed E-state index contributed by atoms with van der Waals surface area (Å²) in [6.07, 6.45) is 1.46. The quantitative estimate of drug-likeness (QED) is 0.905. The van der Waals surface area contributed by atoms with Crippen LogP contribution in [0.5, 0.6) is 0 Å². The number of halogens is 2. The molecule has 0 aliphatic carbocycles. The average Bonchev–Trinajstić information content (AvgIpc) is 2.78. The number of hydrogen-bond acceptors (Lipinski definition) is 3. The fraction of sp³-hybridized carbons (Fsp3) is 0.385. The van der Waals surface area contributed by atoms with Gasteiger partial charge in [-0.25, -0.2) is 18.4 Å². The molecule has 0 unspecified atom stereocenters. The number of anilines is 1. The number of hydrogen-bond donors (Lipinski definition) is 1. The Bertz CT molecular complexity index is 551. The van der Waals surface area contributed by atoms with Gasteiger partial charge in [-0.15, -0.1) is 0 Å². The summed E-state index contributed by atoms with van der Waals surface area (Å²) in [4.78, 5) is 4.11. The second kappa shape index (κ2) is 5.77. The van der Waals surface area contributed by atoms with Gasteiger partial charge >= 0.3 is 0 Å². The summed E-state index contributed by atoms with van der Waals surface area (Å²) in [5.41, 5.74) is 0.124. The lowest BCUT2D eigenvalue weighted by Crippen LogP contribution is -2.13. The molecule has 19 heavy (non-hydrogen) atoms. The number of nitrogens with one attached hydrogen (secondary N) is 1. The van der Waals surface area contributed by atoms with Crippen LogP contribution < -0.4 is 5.32 Å². The summed E-state index contributed by atoms with van der Waals surface area (Å²) in [6, 6.07) is 4.03. The van der Waals surface area contributed by atoms with Gasteiger partial charge in [0.1, 0.15) is 12.2 Å². The van der Waals surface area contributed by atoms with E-state index in [4.69, 9.17) is 0 Å². The fourth-order valence-electron chi connectivity index (χ4n) is 1.74. The number of nitrogens with zero attached hydrogens (tertiary/aromatic N) is 3. The molecule has 1 aromatic carbocycles. The van der Waals surface area contributed by atoms with E-state index >= 15 is 0 Å². The molecule has 2 aromatic rings. The molecule has 0 radical (unpaired) electrons. The minimum absolute atomic E-state index is 0.124. The summed E-state index contributed by atoms with van der Waals surface area (Å²) in [7, 11) is 0. The molecule has 2 rings (SSSR count). The smallest absolute Gasteiger partial charge is 0.181 e. The van der Waals surface area contributed by atoms with E-state index in [2.05, 4.69) is 29.2 Å². The third kappa shape index (κ3) is 3.27. The normalized spacial score (nSPS) is 11.0. The van der Waals surface area contributed by atoms with Crippen LogP contribution in [0.2, 0.25) is 0 Å². The zero-order valence-electron chi connectivity index (χ0n) is 10.9. The van der Waals surface area contributed by atoms with Crippen molar-refractivity contribution in [3.05, 3.63) is 42.0 Å². The first-order chi connectivity index (χ1) is 9.08. The van der Waals surface area contributed by atoms with Crippen LogP contribution in [0.4, 0.5) is 14.5 Å². The molecule has 102 valence electrons. The van der Waals surface area contributed by atoms with Crippen molar-refractivity contribution in [2.24, 2.45) is 5.92 Å². The van der Waals surface area contributed by atoms with Crippen LogP contribution in [0.1, 0.15) is 19.7 Å². The van der Waals surface area contributed by atoms with Gasteiger partial charge in [-0.2, -0.15) is 5.10 Å². The molecule has 0 aliphatic rings. The molecule has 0 aliphatic heterocycles. The van der Waals surface area contributed by atoms with E-state index in [-0.39, 0.29) is 5.69 Å². The lowest BCUT2D eigenvalue weighted by atomic mass is 10.2. The zero-order chi connectivity index (χ0) is 13.8. The Morgan fingerprint density at radius 3 is 2.84 bits per heavy atom. The third-order valence-corrected chi connectivity index (χ3v) is 2.62. The monoisotopic (exact) mass is 266 g/mol. The average molecular weight is 266 g/mol. The number of benzene rings is 1. The molecule has 0 fully saturated rings. The molecular formula is C13H16F2N4. The molecule has 1 N–H and O–H groups in total. The maximum absolute atomic E-state index is 13.5. The molecule has 6 heteroatoms. The van der Waals surface area contributed by atoms with Gasteiger partial charge < -0.3 is 5.32 Å². The van der Waals surface area contributed by atoms with Crippen LogP contribution in [-0.4, -0.2) is 14.8 Å². The standard InChI is InChI=1S/C13H16F2N4/c1-9(2)7-19-12(17-8-18-19)6-16-11-5-3-4-10(14)13(11)15/h3-5,8-9,16H,6-7H2,1-2H3. The van der Waals surface area contributed by atoms with E-state index in [0.29, 0.717) is 18.3 Å². The van der Waals surface area contributed by atoms with E-state index in [0.717, 1.165) is 12.6 Å². The van der Waals surface area contributed by atoms with Gasteiger partial charge in [0.05, 0.1) is 12.2 Å². The van der Waals surface area contributed by atoms with Gasteiger partial charge in [-0.05, 0) is 18.1 Å². The lowest BCUT2D eigenvalue weighted by molar-refractivity contribution is 0.467. The summed E-state index contributed by atoms with van der Waals surface area (Å²) >= 11 is 0. The molecule has 1 aromatic heterocycles. The van der Waals surface area contributed by atoms with Crippen molar-refractivity contribution in [2.75, 3.05) is 5.32 Å². The first kappa shape index (κ1) is 13.5. The van der Waals surface area contributed by atoms with Crippen LogP contribution in [0.25, 0.3) is 0 Å². The highest BCUT2D eigenvalue weighted by Crippen LogP contribution is 2.17. The Morgan fingerprint density at radius 1 is 1.32 bits per heavy atom. The van der Waals surface area contributed by atoms with Gasteiger partial charge in [-0.1, -0.05) is 19.9 Å². The lowest BCUT2D eigenvalue weighted by Gasteiger charge is -2.10. The van der Waals surface area contributed by atoms with Crippen molar-refractivity contribution in [1.82, 2.24) is 14.8 Å². The van der Waals surface area contributed by atoms with Crippen LogP contribution >= 0.6 is 0 Å². The molecule has 4 nitrogen and oxygen atoms in total. The van der Waals surface area contributed by atoms with Gasteiger partial charge in [0, 0.05) is 6.54 Å². The van der Waals surface area contributed by atoms with Gasteiger partial charge in [0.15, 0.2) is 11.6 Å². The van der Waals surface area contributed by atoms with E-state index in [9.17, 15) is 8.78 Å². The van der Waals surface area contributed by atoms with Crippen molar-refractivity contribution in [2.45, 2.75) is 26.9 Å². The number of aromatic nitrogens is 3. The Kier molecular flexibility index (Phi) is 4.09. The van der Waals surface area contributed by atoms with Gasteiger partial charge in [-0.3, -0.25) is 0 Å². The molecule has 1 heterocycles. The van der Waals surface area contributed by atoms with E-state index < -0.39 is 11.6 Å². The SMILES string of the molecule is CC(C)Cn1ncnc1CNc1cccc(F)c1F. The maximum Gasteiger partial charge on any atom is 0.181 e. The van der Waals surface area contributed by atoms with Crippen molar-refractivity contribution < 1.29 is 8.78 Å². The highest BCUT2D eigenvalue weighted by atomic mass is 19.2. The van der Waals surface area contributed by atoms with Crippen LogP contribution in [0.15, 0.2) is 24.5 Å². The number of rotatable bonds is 5. The van der Waals surface area contributed by atoms with Crippen LogP contribution in [0, 0.1) is 17.6 Å². The van der Waals surface area contributed by atoms with E-state index in [1.807, 2.05) is 0 Å². The summed E-state index contributed by atoms with van der Waals surface area (Å²) in [6.45, 7) is 5.19. The van der Waals surface area contributed by atoms with Gasteiger partial charge in [0.2, 0.25) is 0 Å². The second-order valence-electron chi connectivity index (χ2n) is 4.71. The molecule has 0 bridgehead atoms. The maximum atomic E-state index is 13.5. The molecule has 0 atom stereocenters. The molecule has 0 amide bonds. The molecule has 0 saturated carbocycles. The van der Waals surface area contributed by atoms with Crippen molar-refractivity contribution >= 4 is 5.69 Å². The summed E-state index contributed by atoms with van der Waals surface area (Å²) in [5.74, 6) is -0.616. The minimum atomic E-state index is -0.877.